The molecule has 0 bridgehead atoms. The van der Waals surface area contributed by atoms with E-state index in [1.807, 2.05) is 0 Å². The van der Waals surface area contributed by atoms with Crippen molar-refractivity contribution in [2.24, 2.45) is 0 Å². The molecule has 1 aliphatic heterocycles. The average Bonchev–Trinajstić information content (AvgIpc) is 3.54. The summed E-state index contributed by atoms with van der Waals surface area (Å²) in [6.45, 7) is 13.1. The molecule has 0 saturated carbocycles. The molecule has 1 aliphatic carbocycles. The van der Waals surface area contributed by atoms with E-state index < -0.39 is 23.7 Å². The fourth-order valence-electron chi connectivity index (χ4n) is 8.27. The summed E-state index contributed by atoms with van der Waals surface area (Å²) in [5.41, 5.74) is 10.7. The van der Waals surface area contributed by atoms with Crippen LogP contribution in [0.1, 0.15) is 152 Å². The lowest BCUT2D eigenvalue weighted by Crippen LogP contribution is -2.41. The third-order valence-electron chi connectivity index (χ3n) is 12.0. The SMILES string of the molecule is CCCCCCCCc1ccc(C2(c3ccc(CCCCCCCC)cc3)c3ccccc3-c3ccc(B4OC(C)(C)C(C)(C)O4)cc32)cc1. The fraction of sp³-hybridized carbons (Fsp3) is 0.489. The first-order valence-electron chi connectivity index (χ1n) is 20.0. The normalized spacial score (nSPS) is 16.8. The van der Waals surface area contributed by atoms with Gasteiger partial charge in [0.15, 0.2) is 0 Å². The van der Waals surface area contributed by atoms with Crippen molar-refractivity contribution < 1.29 is 9.31 Å². The van der Waals surface area contributed by atoms with Crippen molar-refractivity contribution >= 4 is 12.6 Å². The minimum absolute atomic E-state index is 0.394. The van der Waals surface area contributed by atoms with Crippen molar-refractivity contribution in [1.82, 2.24) is 0 Å². The van der Waals surface area contributed by atoms with E-state index in [0.717, 1.165) is 18.3 Å². The molecule has 1 saturated heterocycles. The Balaban J connectivity index is 1.39. The highest BCUT2D eigenvalue weighted by atomic mass is 16.7. The predicted octanol–water partition coefficient (Wildman–Crippen LogP) is 12.2. The second-order valence-corrected chi connectivity index (χ2v) is 16.1. The third kappa shape index (κ3) is 7.42. The molecule has 6 rings (SSSR count). The molecule has 4 aromatic carbocycles. The average molecular weight is 669 g/mol. The van der Waals surface area contributed by atoms with Gasteiger partial charge < -0.3 is 9.31 Å². The summed E-state index contributed by atoms with van der Waals surface area (Å²) < 4.78 is 13.2. The number of fused-ring (bicyclic) bond motifs is 3. The Bertz CT molecular complexity index is 1610. The van der Waals surface area contributed by atoms with E-state index in [2.05, 4.69) is 133 Å². The Morgan fingerprint density at radius 1 is 0.480 bits per heavy atom. The van der Waals surface area contributed by atoms with Crippen LogP contribution in [0, 0.1) is 0 Å². The van der Waals surface area contributed by atoms with E-state index in [9.17, 15) is 0 Å². The quantitative estimate of drug-likeness (QED) is 0.0725. The smallest absolute Gasteiger partial charge is 0.399 e. The molecule has 2 aliphatic rings. The minimum atomic E-state index is -0.442. The van der Waals surface area contributed by atoms with Crippen LogP contribution in [0.25, 0.3) is 11.1 Å². The Hall–Kier alpha value is -3.14. The van der Waals surface area contributed by atoms with Gasteiger partial charge in [-0.1, -0.05) is 169 Å². The summed E-state index contributed by atoms with van der Waals surface area (Å²) in [6, 6.07) is 35.3. The van der Waals surface area contributed by atoms with Crippen LogP contribution in [0.3, 0.4) is 0 Å². The van der Waals surface area contributed by atoms with E-state index in [1.54, 1.807) is 0 Å². The molecule has 0 aromatic heterocycles. The highest BCUT2D eigenvalue weighted by Crippen LogP contribution is 2.56. The van der Waals surface area contributed by atoms with Gasteiger partial charge in [-0.3, -0.25) is 0 Å². The number of aryl methyl sites for hydroxylation is 2. The minimum Gasteiger partial charge on any atom is -0.399 e. The van der Waals surface area contributed by atoms with Crippen molar-refractivity contribution in [3.05, 3.63) is 124 Å². The van der Waals surface area contributed by atoms with Crippen molar-refractivity contribution in [3.63, 3.8) is 0 Å². The molecule has 1 fully saturated rings. The molecule has 264 valence electrons. The zero-order chi connectivity index (χ0) is 35.2. The topological polar surface area (TPSA) is 18.5 Å². The van der Waals surface area contributed by atoms with E-state index in [4.69, 9.17) is 9.31 Å². The van der Waals surface area contributed by atoms with Gasteiger partial charge in [-0.05, 0) is 103 Å². The number of hydrogen-bond donors (Lipinski definition) is 0. The summed E-state index contributed by atoms with van der Waals surface area (Å²) in [6.07, 6.45) is 18.2. The van der Waals surface area contributed by atoms with Crippen molar-refractivity contribution in [2.45, 2.75) is 148 Å². The first-order valence-corrected chi connectivity index (χ1v) is 20.0. The van der Waals surface area contributed by atoms with E-state index in [1.165, 1.54) is 122 Å². The first-order chi connectivity index (χ1) is 24.2. The Labute approximate surface area is 304 Å². The van der Waals surface area contributed by atoms with Crippen LogP contribution in [-0.4, -0.2) is 18.3 Å². The van der Waals surface area contributed by atoms with Crippen LogP contribution >= 0.6 is 0 Å². The Morgan fingerprint density at radius 2 is 0.940 bits per heavy atom. The standard InChI is InChI=1S/C47H61BO2/c1-7-9-11-13-15-17-21-36-25-29-38(30-26-36)47(39-31-27-37(28-32-39)22-18-16-14-12-10-8-2)43-24-20-19-23-41(43)42-34-33-40(35-44(42)47)48-49-45(3,4)46(5,6)50-48/h19-20,23-35H,7-18,21-22H2,1-6H3. The molecule has 0 N–H and O–H groups in total. The van der Waals surface area contributed by atoms with Gasteiger partial charge in [0.1, 0.15) is 0 Å². The van der Waals surface area contributed by atoms with Gasteiger partial charge in [0, 0.05) is 0 Å². The van der Waals surface area contributed by atoms with Crippen molar-refractivity contribution in [3.8, 4) is 11.1 Å². The van der Waals surface area contributed by atoms with Crippen LogP contribution in [-0.2, 0) is 27.6 Å². The van der Waals surface area contributed by atoms with Gasteiger partial charge in [-0.25, -0.2) is 0 Å². The summed E-state index contributed by atoms with van der Waals surface area (Å²) in [5.74, 6) is 0. The van der Waals surface area contributed by atoms with Crippen molar-refractivity contribution in [2.75, 3.05) is 0 Å². The van der Waals surface area contributed by atoms with Crippen LogP contribution in [0.15, 0.2) is 91.0 Å². The summed E-state index contributed by atoms with van der Waals surface area (Å²) in [7, 11) is -0.411. The zero-order valence-corrected chi connectivity index (χ0v) is 32.0. The number of benzene rings is 4. The monoisotopic (exact) mass is 668 g/mol. The second-order valence-electron chi connectivity index (χ2n) is 16.1. The number of hydrogen-bond acceptors (Lipinski definition) is 2. The molecule has 0 spiro atoms. The van der Waals surface area contributed by atoms with E-state index >= 15 is 0 Å². The Kier molecular flexibility index (Phi) is 11.8. The maximum absolute atomic E-state index is 6.61. The van der Waals surface area contributed by atoms with E-state index in [-0.39, 0.29) is 0 Å². The lowest BCUT2D eigenvalue weighted by Gasteiger charge is -2.34. The van der Waals surface area contributed by atoms with Gasteiger partial charge in [0.2, 0.25) is 0 Å². The second kappa shape index (κ2) is 16.0. The molecule has 0 radical (unpaired) electrons. The van der Waals surface area contributed by atoms with Crippen LogP contribution < -0.4 is 5.46 Å². The first kappa shape index (κ1) is 36.6. The van der Waals surface area contributed by atoms with Gasteiger partial charge >= 0.3 is 7.12 Å². The molecule has 4 aromatic rings. The van der Waals surface area contributed by atoms with Gasteiger partial charge in [-0.2, -0.15) is 0 Å². The van der Waals surface area contributed by atoms with Crippen LogP contribution in [0.5, 0.6) is 0 Å². The molecular weight excluding hydrogens is 607 g/mol. The van der Waals surface area contributed by atoms with E-state index in [0.29, 0.717) is 0 Å². The lowest BCUT2D eigenvalue weighted by molar-refractivity contribution is 0.00578. The molecule has 0 unspecified atom stereocenters. The third-order valence-corrected chi connectivity index (χ3v) is 12.0. The number of unbranched alkanes of at least 4 members (excludes halogenated alkanes) is 10. The summed E-state index contributed by atoms with van der Waals surface area (Å²) in [5, 5.41) is 0. The molecule has 1 heterocycles. The van der Waals surface area contributed by atoms with Gasteiger partial charge in [-0.15, -0.1) is 0 Å². The number of rotatable bonds is 17. The molecule has 3 heteroatoms. The summed E-state index contributed by atoms with van der Waals surface area (Å²) in [4.78, 5) is 0. The molecular formula is C47H61BO2. The highest BCUT2D eigenvalue weighted by molar-refractivity contribution is 6.62. The predicted molar refractivity (Wildman–Crippen MR) is 214 cm³/mol. The van der Waals surface area contributed by atoms with Crippen molar-refractivity contribution in [1.29, 1.82) is 0 Å². The molecule has 0 amide bonds. The fourth-order valence-corrected chi connectivity index (χ4v) is 8.27. The van der Waals surface area contributed by atoms with Gasteiger partial charge in [0.05, 0.1) is 16.6 Å². The zero-order valence-electron chi connectivity index (χ0n) is 32.0. The Morgan fingerprint density at radius 3 is 1.46 bits per heavy atom. The molecule has 0 atom stereocenters. The van der Waals surface area contributed by atoms with Gasteiger partial charge in [0.25, 0.3) is 0 Å². The maximum Gasteiger partial charge on any atom is 0.494 e. The highest BCUT2D eigenvalue weighted by Gasteiger charge is 2.53. The molecule has 50 heavy (non-hydrogen) atoms. The lowest BCUT2D eigenvalue weighted by atomic mass is 9.66. The maximum atomic E-state index is 6.61. The molecule has 2 nitrogen and oxygen atoms in total. The van der Waals surface area contributed by atoms with Crippen LogP contribution in [0.2, 0.25) is 0 Å². The largest absolute Gasteiger partial charge is 0.494 e. The summed E-state index contributed by atoms with van der Waals surface area (Å²) >= 11 is 0. The van der Waals surface area contributed by atoms with Crippen LogP contribution in [0.4, 0.5) is 0 Å².